The van der Waals surface area contributed by atoms with Crippen LogP contribution in [0.4, 0.5) is 0 Å². The van der Waals surface area contributed by atoms with Gasteiger partial charge in [0.2, 0.25) is 5.91 Å². The van der Waals surface area contributed by atoms with Crippen molar-refractivity contribution in [1.82, 2.24) is 10.3 Å². The standard InChI is InChI=1S/C19H22N2O/c22-18(20-13-11-15-6-2-1-3-7-15)14-17-9-4-8-16-10-5-12-21-19(16)17/h4-6,8-10,12H,1-3,7,11,13-14H2,(H,20,22). The number of pyridine rings is 1. The van der Waals surface area contributed by atoms with Crippen LogP contribution in [0.1, 0.15) is 37.7 Å². The van der Waals surface area contributed by atoms with Gasteiger partial charge in [-0.25, -0.2) is 0 Å². The monoisotopic (exact) mass is 294 g/mol. The van der Waals surface area contributed by atoms with Gasteiger partial charge >= 0.3 is 0 Å². The van der Waals surface area contributed by atoms with Crippen LogP contribution < -0.4 is 5.32 Å². The van der Waals surface area contributed by atoms with Crippen molar-refractivity contribution >= 4 is 16.8 Å². The quantitative estimate of drug-likeness (QED) is 0.853. The Morgan fingerprint density at radius 2 is 2.09 bits per heavy atom. The van der Waals surface area contributed by atoms with Gasteiger partial charge in [0.05, 0.1) is 11.9 Å². The number of rotatable bonds is 5. The summed E-state index contributed by atoms with van der Waals surface area (Å²) in [7, 11) is 0. The van der Waals surface area contributed by atoms with E-state index in [1.807, 2.05) is 30.3 Å². The lowest BCUT2D eigenvalue weighted by Crippen LogP contribution is -2.26. The Bertz CT molecular complexity index is 685. The molecule has 114 valence electrons. The molecule has 22 heavy (non-hydrogen) atoms. The van der Waals surface area contributed by atoms with E-state index in [0.29, 0.717) is 6.42 Å². The van der Waals surface area contributed by atoms with Crippen molar-refractivity contribution in [1.29, 1.82) is 0 Å². The normalized spacial score (nSPS) is 14.6. The highest BCUT2D eigenvalue weighted by atomic mass is 16.1. The molecule has 0 unspecified atom stereocenters. The molecular formula is C19H22N2O. The van der Waals surface area contributed by atoms with E-state index in [1.165, 1.54) is 31.3 Å². The number of hydrogen-bond donors (Lipinski definition) is 1. The Morgan fingerprint density at radius 3 is 2.95 bits per heavy atom. The topological polar surface area (TPSA) is 42.0 Å². The molecule has 1 N–H and O–H groups in total. The van der Waals surface area contributed by atoms with Crippen molar-refractivity contribution in [2.75, 3.05) is 6.54 Å². The molecule has 0 bridgehead atoms. The third kappa shape index (κ3) is 3.73. The van der Waals surface area contributed by atoms with Gasteiger partial charge in [-0.3, -0.25) is 9.78 Å². The number of aromatic nitrogens is 1. The Morgan fingerprint density at radius 1 is 1.18 bits per heavy atom. The average molecular weight is 294 g/mol. The molecule has 0 spiro atoms. The number of fused-ring (bicyclic) bond motifs is 1. The van der Waals surface area contributed by atoms with Crippen LogP contribution in [0.3, 0.4) is 0 Å². The predicted octanol–water partition coefficient (Wildman–Crippen LogP) is 3.78. The lowest BCUT2D eigenvalue weighted by molar-refractivity contribution is -0.120. The maximum atomic E-state index is 12.1. The van der Waals surface area contributed by atoms with Gasteiger partial charge in [0, 0.05) is 18.1 Å². The summed E-state index contributed by atoms with van der Waals surface area (Å²) in [5, 5.41) is 4.12. The largest absolute Gasteiger partial charge is 0.355 e. The molecular weight excluding hydrogens is 272 g/mol. The third-order valence-corrected chi connectivity index (χ3v) is 4.22. The second kappa shape index (κ2) is 7.21. The van der Waals surface area contributed by atoms with Gasteiger partial charge in [-0.15, -0.1) is 0 Å². The Labute approximate surface area is 131 Å². The van der Waals surface area contributed by atoms with Gasteiger partial charge in [-0.1, -0.05) is 35.9 Å². The smallest absolute Gasteiger partial charge is 0.224 e. The van der Waals surface area contributed by atoms with Crippen LogP contribution in [0, 0.1) is 0 Å². The van der Waals surface area contributed by atoms with E-state index >= 15 is 0 Å². The highest BCUT2D eigenvalue weighted by Gasteiger charge is 2.08. The predicted molar refractivity (Wildman–Crippen MR) is 89.6 cm³/mol. The number of allylic oxidation sites excluding steroid dienone is 1. The van der Waals surface area contributed by atoms with E-state index in [0.717, 1.165) is 29.4 Å². The number of amides is 1. The molecule has 0 aliphatic heterocycles. The van der Waals surface area contributed by atoms with Crippen LogP contribution in [0.5, 0.6) is 0 Å². The van der Waals surface area contributed by atoms with E-state index in [1.54, 1.807) is 6.20 Å². The maximum Gasteiger partial charge on any atom is 0.224 e. The Kier molecular flexibility index (Phi) is 4.84. The molecule has 1 aliphatic carbocycles. The highest BCUT2D eigenvalue weighted by Crippen LogP contribution is 2.19. The van der Waals surface area contributed by atoms with Crippen molar-refractivity contribution in [3.8, 4) is 0 Å². The fraction of sp³-hybridized carbons (Fsp3) is 0.368. The Balaban J connectivity index is 1.55. The summed E-state index contributed by atoms with van der Waals surface area (Å²) in [6.07, 6.45) is 10.5. The summed E-state index contributed by atoms with van der Waals surface area (Å²) in [6, 6.07) is 9.95. The van der Waals surface area contributed by atoms with Crippen LogP contribution in [-0.4, -0.2) is 17.4 Å². The summed E-state index contributed by atoms with van der Waals surface area (Å²) in [6.45, 7) is 0.739. The molecule has 1 heterocycles. The Hall–Kier alpha value is -2.16. The minimum Gasteiger partial charge on any atom is -0.355 e. The summed E-state index contributed by atoms with van der Waals surface area (Å²) < 4.78 is 0. The zero-order chi connectivity index (χ0) is 15.2. The summed E-state index contributed by atoms with van der Waals surface area (Å²) in [5.74, 6) is 0.0783. The molecule has 1 aliphatic rings. The van der Waals surface area contributed by atoms with Crippen LogP contribution in [0.15, 0.2) is 48.2 Å². The molecule has 1 aromatic heterocycles. The average Bonchev–Trinajstić information content (AvgIpc) is 2.56. The first-order chi connectivity index (χ1) is 10.8. The SMILES string of the molecule is O=C(Cc1cccc2cccnc12)NCCC1=CCCCC1. The van der Waals surface area contributed by atoms with E-state index < -0.39 is 0 Å². The van der Waals surface area contributed by atoms with E-state index in [4.69, 9.17) is 0 Å². The van der Waals surface area contributed by atoms with E-state index in [2.05, 4.69) is 16.4 Å². The van der Waals surface area contributed by atoms with Crippen LogP contribution in [0.25, 0.3) is 10.9 Å². The number of para-hydroxylation sites is 1. The summed E-state index contributed by atoms with van der Waals surface area (Å²) in [4.78, 5) is 16.5. The molecule has 0 atom stereocenters. The van der Waals surface area contributed by atoms with E-state index in [-0.39, 0.29) is 5.91 Å². The molecule has 3 heteroatoms. The van der Waals surface area contributed by atoms with Gasteiger partial charge in [0.1, 0.15) is 0 Å². The first kappa shape index (κ1) is 14.8. The van der Waals surface area contributed by atoms with Crippen molar-refractivity contribution in [2.24, 2.45) is 0 Å². The lowest BCUT2D eigenvalue weighted by atomic mass is 9.97. The number of benzene rings is 1. The van der Waals surface area contributed by atoms with Crippen molar-refractivity contribution in [2.45, 2.75) is 38.5 Å². The minimum absolute atomic E-state index is 0.0783. The molecule has 0 saturated carbocycles. The van der Waals surface area contributed by atoms with Gasteiger partial charge in [0.25, 0.3) is 0 Å². The third-order valence-electron chi connectivity index (χ3n) is 4.22. The molecule has 1 amide bonds. The highest BCUT2D eigenvalue weighted by molar-refractivity contribution is 5.87. The number of hydrogen-bond acceptors (Lipinski definition) is 2. The first-order valence-corrected chi connectivity index (χ1v) is 8.10. The second-order valence-corrected chi connectivity index (χ2v) is 5.88. The van der Waals surface area contributed by atoms with E-state index in [9.17, 15) is 4.79 Å². The molecule has 0 saturated heterocycles. The minimum atomic E-state index is 0.0783. The van der Waals surface area contributed by atoms with Gasteiger partial charge < -0.3 is 5.32 Å². The number of nitrogens with one attached hydrogen (secondary N) is 1. The fourth-order valence-electron chi connectivity index (χ4n) is 3.04. The molecule has 3 rings (SSSR count). The summed E-state index contributed by atoms with van der Waals surface area (Å²) in [5.41, 5.74) is 3.42. The second-order valence-electron chi connectivity index (χ2n) is 5.88. The fourth-order valence-corrected chi connectivity index (χ4v) is 3.04. The van der Waals surface area contributed by atoms with Crippen LogP contribution >= 0.6 is 0 Å². The van der Waals surface area contributed by atoms with Gasteiger partial charge in [-0.2, -0.15) is 0 Å². The lowest BCUT2D eigenvalue weighted by Gasteiger charge is -2.13. The zero-order valence-corrected chi connectivity index (χ0v) is 12.8. The molecule has 0 radical (unpaired) electrons. The number of carbonyl (C=O) groups is 1. The molecule has 1 aromatic carbocycles. The van der Waals surface area contributed by atoms with Crippen LogP contribution in [-0.2, 0) is 11.2 Å². The molecule has 0 fully saturated rings. The first-order valence-electron chi connectivity index (χ1n) is 8.10. The van der Waals surface area contributed by atoms with Crippen molar-refractivity contribution < 1.29 is 4.79 Å². The zero-order valence-electron chi connectivity index (χ0n) is 12.8. The molecule has 3 nitrogen and oxygen atoms in total. The number of carbonyl (C=O) groups excluding carboxylic acids is 1. The maximum absolute atomic E-state index is 12.1. The summed E-state index contributed by atoms with van der Waals surface area (Å²) >= 11 is 0. The number of nitrogens with zero attached hydrogens (tertiary/aromatic N) is 1. The van der Waals surface area contributed by atoms with Crippen LogP contribution in [0.2, 0.25) is 0 Å². The van der Waals surface area contributed by atoms with Crippen molar-refractivity contribution in [3.63, 3.8) is 0 Å². The van der Waals surface area contributed by atoms with Gasteiger partial charge in [-0.05, 0) is 43.7 Å². The molecule has 2 aromatic rings. The van der Waals surface area contributed by atoms with Gasteiger partial charge in [0.15, 0.2) is 0 Å². The van der Waals surface area contributed by atoms with Crippen molar-refractivity contribution in [3.05, 3.63) is 53.7 Å².